The van der Waals surface area contributed by atoms with Crippen molar-refractivity contribution >= 4 is 24.0 Å². The number of likely N-dealkylation sites (N-methyl/N-ethyl adjacent to an activating group) is 1. The monoisotopic (exact) mass is 680 g/mol. The van der Waals surface area contributed by atoms with Crippen LogP contribution in [-0.4, -0.2) is 107 Å². The minimum atomic E-state index is -1.21. The van der Waals surface area contributed by atoms with Crippen LogP contribution in [0.15, 0.2) is 54.6 Å². The molecular formula is C36H45FN4O8. The molecule has 0 unspecified atom stereocenters. The average molecular weight is 681 g/mol. The Labute approximate surface area is 286 Å². The Morgan fingerprint density at radius 3 is 2.37 bits per heavy atom. The summed E-state index contributed by atoms with van der Waals surface area (Å²) in [6.45, 7) is 8.56. The first-order valence-corrected chi connectivity index (χ1v) is 16.2. The van der Waals surface area contributed by atoms with Gasteiger partial charge in [0.25, 0.3) is 0 Å². The normalized spacial score (nSPS) is 20.3. The van der Waals surface area contributed by atoms with Crippen molar-refractivity contribution in [2.24, 2.45) is 0 Å². The van der Waals surface area contributed by atoms with E-state index in [0.29, 0.717) is 12.2 Å². The van der Waals surface area contributed by atoms with Crippen LogP contribution in [0.5, 0.6) is 5.75 Å². The van der Waals surface area contributed by atoms with Crippen LogP contribution in [-0.2, 0) is 30.4 Å². The molecule has 2 aromatic carbocycles. The maximum atomic E-state index is 14.4. The second kappa shape index (κ2) is 16.0. The van der Waals surface area contributed by atoms with Gasteiger partial charge in [0.1, 0.15) is 48.6 Å². The van der Waals surface area contributed by atoms with Gasteiger partial charge in [0, 0.05) is 13.6 Å². The molecule has 0 spiro atoms. The Bertz CT molecular complexity index is 1510. The molecule has 0 saturated carbocycles. The molecule has 4 amide bonds. The van der Waals surface area contributed by atoms with Gasteiger partial charge in [-0.25, -0.2) is 14.0 Å². The summed E-state index contributed by atoms with van der Waals surface area (Å²) >= 11 is 0. The SMILES string of the molecule is C#CCO[C@H](C)[C@H](NC(=O)[C@H](C)N(C)C(=O)OC(C)(C)C)C(=O)N1CC[C@@H]2[C@H]1[C@@H](Oc1ccc(F)cc1)CN2C(=O)OCc1ccccc1. The highest BCUT2D eigenvalue weighted by Crippen LogP contribution is 2.35. The van der Waals surface area contributed by atoms with Crippen molar-refractivity contribution in [1.29, 1.82) is 0 Å². The molecule has 2 aliphatic heterocycles. The number of hydrogen-bond acceptors (Lipinski definition) is 8. The van der Waals surface area contributed by atoms with Crippen molar-refractivity contribution in [3.8, 4) is 18.1 Å². The molecule has 4 rings (SSSR count). The summed E-state index contributed by atoms with van der Waals surface area (Å²) in [5.41, 5.74) is 0.0413. The van der Waals surface area contributed by atoms with Crippen LogP contribution in [0.2, 0.25) is 0 Å². The molecule has 2 heterocycles. The van der Waals surface area contributed by atoms with Crippen LogP contribution < -0.4 is 10.1 Å². The number of ether oxygens (including phenoxy) is 4. The highest BCUT2D eigenvalue weighted by atomic mass is 19.1. The molecule has 1 N–H and O–H groups in total. The van der Waals surface area contributed by atoms with Crippen LogP contribution >= 0.6 is 0 Å². The lowest BCUT2D eigenvalue weighted by molar-refractivity contribution is -0.143. The van der Waals surface area contributed by atoms with Gasteiger partial charge in [-0.1, -0.05) is 36.3 Å². The smallest absolute Gasteiger partial charge is 0.410 e. The van der Waals surface area contributed by atoms with E-state index in [0.717, 1.165) is 10.5 Å². The molecule has 6 atom stereocenters. The van der Waals surface area contributed by atoms with Gasteiger partial charge in [0.2, 0.25) is 11.8 Å². The number of fused-ring (bicyclic) bond motifs is 1. The zero-order valence-corrected chi connectivity index (χ0v) is 28.8. The number of nitrogens with one attached hydrogen (secondary N) is 1. The summed E-state index contributed by atoms with van der Waals surface area (Å²) in [4.78, 5) is 58.3. The number of amides is 4. The Kier molecular flexibility index (Phi) is 12.1. The number of carbonyl (C=O) groups is 4. The Balaban J connectivity index is 1.57. The number of halogens is 1. The van der Waals surface area contributed by atoms with Gasteiger partial charge in [-0.15, -0.1) is 6.42 Å². The van der Waals surface area contributed by atoms with E-state index >= 15 is 0 Å². The average Bonchev–Trinajstić information content (AvgIpc) is 3.66. The molecule has 264 valence electrons. The molecule has 2 aromatic rings. The quantitative estimate of drug-likeness (QED) is 0.354. The van der Waals surface area contributed by atoms with Gasteiger partial charge in [0.15, 0.2) is 0 Å². The highest BCUT2D eigenvalue weighted by Gasteiger charge is 2.55. The van der Waals surface area contributed by atoms with E-state index in [9.17, 15) is 23.6 Å². The summed E-state index contributed by atoms with van der Waals surface area (Å²) in [5, 5.41) is 2.76. The van der Waals surface area contributed by atoms with Crippen LogP contribution in [0.4, 0.5) is 14.0 Å². The lowest BCUT2D eigenvalue weighted by Gasteiger charge is -2.34. The summed E-state index contributed by atoms with van der Waals surface area (Å²) in [6.07, 6.45) is 2.99. The number of hydrogen-bond donors (Lipinski definition) is 1. The summed E-state index contributed by atoms with van der Waals surface area (Å²) < 4.78 is 36.7. The van der Waals surface area contributed by atoms with Gasteiger partial charge >= 0.3 is 12.2 Å². The number of benzene rings is 2. The zero-order valence-electron chi connectivity index (χ0n) is 28.8. The van der Waals surface area contributed by atoms with Crippen molar-refractivity contribution in [2.75, 3.05) is 26.7 Å². The van der Waals surface area contributed by atoms with Gasteiger partial charge in [-0.05, 0) is 70.9 Å². The van der Waals surface area contributed by atoms with Crippen molar-refractivity contribution < 1.29 is 42.5 Å². The summed E-state index contributed by atoms with van der Waals surface area (Å²) in [6, 6.07) is 11.4. The Morgan fingerprint density at radius 1 is 1.06 bits per heavy atom. The third-order valence-corrected chi connectivity index (χ3v) is 8.51. The molecule has 13 heteroatoms. The molecule has 2 saturated heterocycles. The maximum absolute atomic E-state index is 14.4. The summed E-state index contributed by atoms with van der Waals surface area (Å²) in [5.74, 6) is 1.20. The van der Waals surface area contributed by atoms with E-state index in [1.807, 2.05) is 30.3 Å². The number of rotatable bonds is 11. The fourth-order valence-electron chi connectivity index (χ4n) is 5.87. The third-order valence-electron chi connectivity index (χ3n) is 8.51. The van der Waals surface area contributed by atoms with Crippen LogP contribution in [0.3, 0.4) is 0 Å². The third kappa shape index (κ3) is 9.41. The van der Waals surface area contributed by atoms with Crippen LogP contribution in [0.1, 0.15) is 46.6 Å². The van der Waals surface area contributed by atoms with Gasteiger partial charge in [-0.2, -0.15) is 0 Å². The van der Waals surface area contributed by atoms with Crippen LogP contribution in [0.25, 0.3) is 0 Å². The van der Waals surface area contributed by atoms with Crippen LogP contribution in [0, 0.1) is 18.2 Å². The van der Waals surface area contributed by atoms with E-state index in [-0.39, 0.29) is 26.3 Å². The molecule has 0 bridgehead atoms. The number of nitrogens with zero attached hydrogens (tertiary/aromatic N) is 3. The predicted molar refractivity (Wildman–Crippen MR) is 178 cm³/mol. The predicted octanol–water partition coefficient (Wildman–Crippen LogP) is 3.97. The topological polar surface area (TPSA) is 127 Å². The van der Waals surface area contributed by atoms with Crippen molar-refractivity contribution in [2.45, 2.75) is 89.6 Å². The van der Waals surface area contributed by atoms with E-state index in [2.05, 4.69) is 11.2 Å². The summed E-state index contributed by atoms with van der Waals surface area (Å²) in [7, 11) is 1.43. The highest BCUT2D eigenvalue weighted by molar-refractivity contribution is 5.92. The molecule has 12 nitrogen and oxygen atoms in total. The van der Waals surface area contributed by atoms with Gasteiger partial charge < -0.3 is 29.2 Å². The molecule has 2 fully saturated rings. The number of terminal acetylenes is 1. The molecule has 0 aliphatic carbocycles. The van der Waals surface area contributed by atoms with Crippen molar-refractivity contribution in [3.05, 3.63) is 66.0 Å². The van der Waals surface area contributed by atoms with E-state index < -0.39 is 71.8 Å². The Morgan fingerprint density at radius 2 is 1.73 bits per heavy atom. The number of likely N-dealkylation sites (tertiary alicyclic amines) is 2. The lowest BCUT2D eigenvalue weighted by Crippen LogP contribution is -2.60. The molecule has 2 aliphatic rings. The van der Waals surface area contributed by atoms with Crippen molar-refractivity contribution in [1.82, 2.24) is 20.0 Å². The van der Waals surface area contributed by atoms with Gasteiger partial charge in [-0.3, -0.25) is 19.4 Å². The second-order valence-electron chi connectivity index (χ2n) is 13.2. The first-order valence-electron chi connectivity index (χ1n) is 16.2. The molecule has 0 radical (unpaired) electrons. The van der Waals surface area contributed by atoms with E-state index in [1.165, 1.54) is 38.2 Å². The molecule has 49 heavy (non-hydrogen) atoms. The largest absolute Gasteiger partial charge is 0.486 e. The van der Waals surface area contributed by atoms with E-state index in [1.54, 1.807) is 37.5 Å². The zero-order chi connectivity index (χ0) is 35.9. The fraction of sp³-hybridized carbons (Fsp3) is 0.500. The van der Waals surface area contributed by atoms with Gasteiger partial charge in [0.05, 0.1) is 24.7 Å². The minimum Gasteiger partial charge on any atom is -0.486 e. The first-order chi connectivity index (χ1) is 23.2. The number of carbonyl (C=O) groups excluding carboxylic acids is 4. The lowest BCUT2D eigenvalue weighted by atomic mass is 10.1. The minimum absolute atomic E-state index is 0.0632. The fourth-order valence-corrected chi connectivity index (χ4v) is 5.87. The van der Waals surface area contributed by atoms with E-state index in [4.69, 9.17) is 25.4 Å². The molecular weight excluding hydrogens is 635 g/mol. The first kappa shape index (κ1) is 37.0. The second-order valence-corrected chi connectivity index (χ2v) is 13.2. The standard InChI is InChI=1S/C36H45FN4O8/c1-8-20-46-24(3)30(38-32(42)23(2)39(7)34(44)49-36(4,5)6)33(43)40-19-18-28-31(40)29(48-27-16-14-26(37)15-17-27)21-41(28)35(45)47-22-25-12-10-9-11-13-25/h1,9-17,23-24,28-31H,18-22H2,2-7H3,(H,38,42)/t23-,24+,28+,29-,30-,31-/m0/s1. The molecule has 0 aromatic heterocycles. The Hall–Kier alpha value is -4.83. The maximum Gasteiger partial charge on any atom is 0.410 e. The van der Waals surface area contributed by atoms with Crippen molar-refractivity contribution in [3.63, 3.8) is 0 Å².